The first kappa shape index (κ1) is 19.7. The van der Waals surface area contributed by atoms with E-state index in [1.807, 2.05) is 31.2 Å². The van der Waals surface area contributed by atoms with Gasteiger partial charge in [-0.3, -0.25) is 0 Å². The molecule has 1 saturated carbocycles. The van der Waals surface area contributed by atoms with Crippen LogP contribution in [-0.2, 0) is 11.2 Å². The van der Waals surface area contributed by atoms with Gasteiger partial charge in [-0.1, -0.05) is 36.8 Å². The highest BCUT2D eigenvalue weighted by Gasteiger charge is 2.15. The van der Waals surface area contributed by atoms with Crippen molar-refractivity contribution in [2.75, 3.05) is 12.4 Å². The number of nitrogens with zero attached hydrogens (tertiary/aromatic N) is 2. The van der Waals surface area contributed by atoms with E-state index in [2.05, 4.69) is 37.2 Å². The third-order valence-electron chi connectivity index (χ3n) is 4.74. The normalized spacial score (nSPS) is 14.6. The summed E-state index contributed by atoms with van der Waals surface area (Å²) in [7, 11) is 1.36. The highest BCUT2D eigenvalue weighted by Crippen LogP contribution is 2.20. The molecule has 1 atom stereocenters. The van der Waals surface area contributed by atoms with Gasteiger partial charge in [-0.25, -0.2) is 14.8 Å². The molecule has 6 nitrogen and oxygen atoms in total. The summed E-state index contributed by atoms with van der Waals surface area (Å²) in [6.45, 7) is 1.94. The largest absolute Gasteiger partial charge is 0.453 e. The maximum atomic E-state index is 11.2. The van der Waals surface area contributed by atoms with Crippen LogP contribution in [0.25, 0.3) is 0 Å². The van der Waals surface area contributed by atoms with E-state index in [1.54, 1.807) is 12.4 Å². The molecule has 0 bridgehead atoms. The molecule has 1 aliphatic carbocycles. The topological polar surface area (TPSA) is 76.1 Å². The van der Waals surface area contributed by atoms with E-state index >= 15 is 0 Å². The second-order valence-corrected chi connectivity index (χ2v) is 7.11. The predicted molar refractivity (Wildman–Crippen MR) is 109 cm³/mol. The first-order valence-electron chi connectivity index (χ1n) is 9.66. The zero-order chi connectivity index (χ0) is 19.8. The number of nitrogens with one attached hydrogen (secondary N) is 2. The zero-order valence-corrected chi connectivity index (χ0v) is 16.4. The Hall–Kier alpha value is -3.07. The Morgan fingerprint density at radius 3 is 2.43 bits per heavy atom. The summed E-state index contributed by atoms with van der Waals surface area (Å²) >= 11 is 0. The Balaban J connectivity index is 1.54. The van der Waals surface area contributed by atoms with Gasteiger partial charge < -0.3 is 15.4 Å². The molecule has 0 saturated heterocycles. The van der Waals surface area contributed by atoms with E-state index in [0.29, 0.717) is 12.0 Å². The maximum absolute atomic E-state index is 11.2. The lowest BCUT2D eigenvalue weighted by molar-refractivity contribution is 0.167. The minimum Gasteiger partial charge on any atom is -0.453 e. The van der Waals surface area contributed by atoms with Crippen molar-refractivity contribution in [1.29, 1.82) is 0 Å². The number of rotatable bonds is 5. The molecule has 3 rings (SSSR count). The molecule has 0 spiro atoms. The number of aromatic nitrogens is 2. The lowest BCUT2D eigenvalue weighted by Gasteiger charge is -2.12. The van der Waals surface area contributed by atoms with Gasteiger partial charge in [0.2, 0.25) is 5.95 Å². The second-order valence-electron chi connectivity index (χ2n) is 7.11. The number of carbonyl (C=O) groups is 1. The van der Waals surface area contributed by atoms with Crippen LogP contribution in [0.3, 0.4) is 0 Å². The number of alkyl carbamates (subject to hydrolysis) is 1. The lowest BCUT2D eigenvalue weighted by Crippen LogP contribution is -2.33. The van der Waals surface area contributed by atoms with Crippen LogP contribution < -0.4 is 10.6 Å². The van der Waals surface area contributed by atoms with Gasteiger partial charge in [0.1, 0.15) is 0 Å². The van der Waals surface area contributed by atoms with Crippen LogP contribution in [0.1, 0.15) is 49.3 Å². The Labute approximate surface area is 166 Å². The summed E-state index contributed by atoms with van der Waals surface area (Å²) < 4.78 is 4.61. The van der Waals surface area contributed by atoms with Crippen LogP contribution in [-0.4, -0.2) is 35.3 Å². The zero-order valence-electron chi connectivity index (χ0n) is 16.4. The Morgan fingerprint density at radius 1 is 1.14 bits per heavy atom. The van der Waals surface area contributed by atoms with Crippen LogP contribution in [0.4, 0.5) is 10.7 Å². The van der Waals surface area contributed by atoms with Crippen LogP contribution >= 0.6 is 0 Å². The summed E-state index contributed by atoms with van der Waals surface area (Å²) in [5, 5.41) is 6.13. The fraction of sp³-hybridized carbons (Fsp3) is 0.409. The summed E-state index contributed by atoms with van der Waals surface area (Å²) in [6.07, 6.45) is 8.77. The average Bonchev–Trinajstić information content (AvgIpc) is 3.21. The van der Waals surface area contributed by atoms with Crippen LogP contribution in [0.15, 0.2) is 36.7 Å². The van der Waals surface area contributed by atoms with Gasteiger partial charge >= 0.3 is 6.09 Å². The molecule has 2 aromatic rings. The van der Waals surface area contributed by atoms with E-state index in [1.165, 1.54) is 32.8 Å². The lowest BCUT2D eigenvalue weighted by atomic mass is 10.1. The molecule has 146 valence electrons. The summed E-state index contributed by atoms with van der Waals surface area (Å²) in [6, 6.07) is 8.49. The van der Waals surface area contributed by atoms with E-state index < -0.39 is 6.09 Å². The molecule has 0 radical (unpaired) electrons. The fourth-order valence-electron chi connectivity index (χ4n) is 3.25. The van der Waals surface area contributed by atoms with Crippen molar-refractivity contribution >= 4 is 12.0 Å². The number of ether oxygens (including phenoxy) is 1. The molecule has 1 aromatic heterocycles. The van der Waals surface area contributed by atoms with Gasteiger partial charge in [0.15, 0.2) is 0 Å². The van der Waals surface area contributed by atoms with Crippen LogP contribution in [0, 0.1) is 11.8 Å². The number of hydrogen-bond donors (Lipinski definition) is 2. The molecule has 28 heavy (non-hydrogen) atoms. The van der Waals surface area contributed by atoms with Gasteiger partial charge in [-0.2, -0.15) is 0 Å². The highest BCUT2D eigenvalue weighted by atomic mass is 16.5. The number of hydrogen-bond acceptors (Lipinski definition) is 5. The van der Waals surface area contributed by atoms with Gasteiger partial charge in [0.05, 0.1) is 12.7 Å². The number of benzene rings is 1. The van der Waals surface area contributed by atoms with E-state index in [0.717, 1.165) is 23.1 Å². The molecule has 2 N–H and O–H groups in total. The molecular weight excluding hydrogens is 352 g/mol. The summed E-state index contributed by atoms with van der Waals surface area (Å²) in [4.78, 5) is 20.0. The van der Waals surface area contributed by atoms with E-state index in [4.69, 9.17) is 0 Å². The fourth-order valence-corrected chi connectivity index (χ4v) is 3.25. The average molecular weight is 378 g/mol. The number of methoxy groups -OCH3 is 1. The summed E-state index contributed by atoms with van der Waals surface area (Å²) in [5.74, 6) is 6.91. The van der Waals surface area contributed by atoms with Crippen molar-refractivity contribution < 1.29 is 9.53 Å². The minimum atomic E-state index is -0.415. The molecule has 1 unspecified atom stereocenters. The smallest absolute Gasteiger partial charge is 0.407 e. The maximum Gasteiger partial charge on any atom is 0.407 e. The second kappa shape index (κ2) is 9.75. The molecule has 1 aliphatic rings. The third kappa shape index (κ3) is 5.98. The molecule has 0 aliphatic heterocycles. The van der Waals surface area contributed by atoms with Crippen molar-refractivity contribution in [2.45, 2.75) is 51.1 Å². The van der Waals surface area contributed by atoms with Gasteiger partial charge in [0.25, 0.3) is 0 Å². The first-order chi connectivity index (χ1) is 13.6. The SMILES string of the molecule is COC(=O)NC(C)Cc1ccc(C#Cc2cnc(NC3CCCC3)nc2)cc1. The van der Waals surface area contributed by atoms with Crippen molar-refractivity contribution in [3.05, 3.63) is 53.3 Å². The van der Waals surface area contributed by atoms with Gasteiger partial charge in [-0.15, -0.1) is 0 Å². The first-order valence-corrected chi connectivity index (χ1v) is 9.66. The monoisotopic (exact) mass is 378 g/mol. The van der Waals surface area contributed by atoms with Gasteiger partial charge in [0, 0.05) is 30.0 Å². The predicted octanol–water partition coefficient (Wildman–Crippen LogP) is 3.52. The molecule has 1 fully saturated rings. The highest BCUT2D eigenvalue weighted by molar-refractivity contribution is 5.67. The summed E-state index contributed by atoms with van der Waals surface area (Å²) in [5.41, 5.74) is 2.84. The van der Waals surface area contributed by atoms with Crippen LogP contribution in [0.2, 0.25) is 0 Å². The van der Waals surface area contributed by atoms with E-state index in [-0.39, 0.29) is 6.04 Å². The molecule has 1 heterocycles. The van der Waals surface area contributed by atoms with Crippen molar-refractivity contribution in [3.63, 3.8) is 0 Å². The quantitative estimate of drug-likeness (QED) is 0.779. The number of carbonyl (C=O) groups excluding carboxylic acids is 1. The molecular formula is C22H26N4O2. The number of anilines is 1. The van der Waals surface area contributed by atoms with Gasteiger partial charge in [-0.05, 0) is 43.9 Å². The molecule has 1 aromatic carbocycles. The Kier molecular flexibility index (Phi) is 6.85. The van der Waals surface area contributed by atoms with Crippen molar-refractivity contribution in [2.24, 2.45) is 0 Å². The van der Waals surface area contributed by atoms with Crippen molar-refractivity contribution in [1.82, 2.24) is 15.3 Å². The Bertz CT molecular complexity index is 832. The standard InChI is InChI=1S/C22H26N4O2/c1-16(25-22(27)28-2)13-18-10-7-17(8-11-18)9-12-19-14-23-21(24-15-19)26-20-5-3-4-6-20/h7-8,10-11,14-16,20H,3-6,13H2,1-2H3,(H,25,27)(H,23,24,26). The number of amides is 1. The van der Waals surface area contributed by atoms with Crippen molar-refractivity contribution in [3.8, 4) is 11.8 Å². The molecule has 1 amide bonds. The minimum absolute atomic E-state index is 0.00195. The van der Waals surface area contributed by atoms with Crippen LogP contribution in [0.5, 0.6) is 0 Å². The molecule has 6 heteroatoms. The van der Waals surface area contributed by atoms with E-state index in [9.17, 15) is 4.79 Å². The Morgan fingerprint density at radius 2 is 1.79 bits per heavy atom. The third-order valence-corrected chi connectivity index (χ3v) is 4.74.